The molecule has 0 aliphatic rings. The molecular formula is C53H38N10. The highest BCUT2D eigenvalue weighted by Gasteiger charge is 2.19. The molecule has 4 heterocycles. The molecule has 0 unspecified atom stereocenters. The minimum atomic E-state index is 0.118. The van der Waals surface area contributed by atoms with E-state index in [-0.39, 0.29) is 5.92 Å². The van der Waals surface area contributed by atoms with Crippen LogP contribution in [0.2, 0.25) is 0 Å². The van der Waals surface area contributed by atoms with Crippen LogP contribution in [0.25, 0.3) is 102 Å². The first-order valence-electron chi connectivity index (χ1n) is 20.7. The Kier molecular flexibility index (Phi) is 10.6. The van der Waals surface area contributed by atoms with Crippen molar-refractivity contribution >= 4 is 0 Å². The average Bonchev–Trinajstić information content (AvgIpc) is 3.37. The van der Waals surface area contributed by atoms with E-state index in [2.05, 4.69) is 26.0 Å². The van der Waals surface area contributed by atoms with Crippen molar-refractivity contribution in [3.8, 4) is 102 Å². The second kappa shape index (κ2) is 17.2. The van der Waals surface area contributed by atoms with Crippen molar-refractivity contribution in [3.05, 3.63) is 194 Å². The minimum Gasteiger partial charge on any atom is -0.256 e. The molecule has 0 fully saturated rings. The van der Waals surface area contributed by atoms with E-state index in [1.807, 2.05) is 170 Å². The summed E-state index contributed by atoms with van der Waals surface area (Å²) in [5.74, 6) is 5.25. The first kappa shape index (κ1) is 38.7. The first-order valence-corrected chi connectivity index (χ1v) is 20.7. The van der Waals surface area contributed by atoms with Gasteiger partial charge in [0.05, 0.1) is 5.69 Å². The van der Waals surface area contributed by atoms with Crippen LogP contribution < -0.4 is 0 Å². The summed E-state index contributed by atoms with van der Waals surface area (Å²) in [6.45, 7) is 4.17. The Morgan fingerprint density at radius 2 is 0.556 bits per heavy atom. The van der Waals surface area contributed by atoms with E-state index in [9.17, 15) is 0 Å². The standard InChI is InChI=1S/C53H38N10/c1-34(2)45-55-46(35-17-7-3-8-18-35)57-50(56-45)39-26-28-40(29-27-39)51-59-49(38-23-13-6-14-24-38)62-53(63-51)43-32-41(44-25-15-16-30-54-44)31-42(33-43)52-60-47(36-19-9-4-10-20-36)58-48(61-52)37-21-11-5-12-22-37/h3-34H,1-2H3. The maximum Gasteiger partial charge on any atom is 0.164 e. The summed E-state index contributed by atoms with van der Waals surface area (Å²) >= 11 is 0. The van der Waals surface area contributed by atoms with Gasteiger partial charge in [-0.2, -0.15) is 0 Å². The summed E-state index contributed by atoms with van der Waals surface area (Å²) in [4.78, 5) is 49.6. The van der Waals surface area contributed by atoms with E-state index >= 15 is 0 Å². The molecule has 0 bridgehead atoms. The molecule has 0 saturated carbocycles. The van der Waals surface area contributed by atoms with Crippen LogP contribution in [0, 0.1) is 0 Å². The molecule has 0 radical (unpaired) electrons. The summed E-state index contributed by atoms with van der Waals surface area (Å²) in [5.41, 5.74) is 8.35. The lowest BCUT2D eigenvalue weighted by Gasteiger charge is -2.13. The number of hydrogen-bond donors (Lipinski definition) is 0. The number of rotatable bonds is 10. The predicted octanol–water partition coefficient (Wildman–Crippen LogP) is 11.8. The summed E-state index contributed by atoms with van der Waals surface area (Å²) in [5, 5.41) is 0. The molecule has 10 nitrogen and oxygen atoms in total. The van der Waals surface area contributed by atoms with Crippen molar-refractivity contribution < 1.29 is 0 Å². The third-order valence-corrected chi connectivity index (χ3v) is 10.4. The van der Waals surface area contributed by atoms with Crippen LogP contribution in [0.4, 0.5) is 0 Å². The van der Waals surface area contributed by atoms with Gasteiger partial charge in [0.1, 0.15) is 5.82 Å². The quantitative estimate of drug-likeness (QED) is 0.131. The summed E-state index contributed by atoms with van der Waals surface area (Å²) < 4.78 is 0. The molecule has 0 saturated heterocycles. The fraction of sp³-hybridized carbons (Fsp3) is 0.0566. The molecule has 0 aliphatic heterocycles. The van der Waals surface area contributed by atoms with Crippen LogP contribution in [-0.4, -0.2) is 49.8 Å². The zero-order valence-corrected chi connectivity index (χ0v) is 34.4. The van der Waals surface area contributed by atoms with Crippen molar-refractivity contribution in [2.45, 2.75) is 19.8 Å². The summed E-state index contributed by atoms with van der Waals surface area (Å²) in [7, 11) is 0. The second-order valence-electron chi connectivity index (χ2n) is 15.2. The van der Waals surface area contributed by atoms with Crippen molar-refractivity contribution in [2.24, 2.45) is 0 Å². The summed E-state index contributed by atoms with van der Waals surface area (Å²) in [6, 6.07) is 59.8. The van der Waals surface area contributed by atoms with Gasteiger partial charge >= 0.3 is 0 Å². The Morgan fingerprint density at radius 1 is 0.270 bits per heavy atom. The van der Waals surface area contributed by atoms with E-state index in [0.717, 1.165) is 61.6 Å². The van der Waals surface area contributed by atoms with Gasteiger partial charge in [-0.3, -0.25) is 4.98 Å². The molecule has 4 aromatic heterocycles. The third kappa shape index (κ3) is 8.46. The van der Waals surface area contributed by atoms with E-state index in [1.165, 1.54) is 0 Å². The van der Waals surface area contributed by atoms with E-state index in [0.29, 0.717) is 46.6 Å². The molecule has 6 aromatic carbocycles. The van der Waals surface area contributed by atoms with Gasteiger partial charge in [0, 0.05) is 62.2 Å². The molecule has 0 N–H and O–H groups in total. The van der Waals surface area contributed by atoms with Gasteiger partial charge in [-0.1, -0.05) is 166 Å². The number of benzene rings is 6. The highest BCUT2D eigenvalue weighted by atomic mass is 15.1. The van der Waals surface area contributed by atoms with Crippen LogP contribution in [0.15, 0.2) is 188 Å². The van der Waals surface area contributed by atoms with Crippen molar-refractivity contribution in [1.82, 2.24) is 49.8 Å². The van der Waals surface area contributed by atoms with E-state index in [1.54, 1.807) is 6.20 Å². The Balaban J connectivity index is 1.12. The van der Waals surface area contributed by atoms with Crippen molar-refractivity contribution in [3.63, 3.8) is 0 Å². The fourth-order valence-electron chi connectivity index (χ4n) is 7.12. The zero-order chi connectivity index (χ0) is 42.5. The normalized spacial score (nSPS) is 11.2. The average molecular weight is 815 g/mol. The largest absolute Gasteiger partial charge is 0.256 e. The lowest BCUT2D eigenvalue weighted by Crippen LogP contribution is -2.04. The molecule has 0 amide bonds. The Hall–Kier alpha value is -8.50. The highest BCUT2D eigenvalue weighted by Crippen LogP contribution is 2.34. The number of hydrogen-bond acceptors (Lipinski definition) is 10. The van der Waals surface area contributed by atoms with Crippen LogP contribution in [-0.2, 0) is 0 Å². The van der Waals surface area contributed by atoms with Gasteiger partial charge in [-0.05, 0) is 30.3 Å². The molecular weight excluding hydrogens is 777 g/mol. The van der Waals surface area contributed by atoms with E-state index in [4.69, 9.17) is 49.8 Å². The maximum atomic E-state index is 5.16. The lowest BCUT2D eigenvalue weighted by molar-refractivity contribution is 0.766. The third-order valence-electron chi connectivity index (χ3n) is 10.4. The first-order chi connectivity index (χ1) is 31.0. The number of nitrogens with zero attached hydrogens (tertiary/aromatic N) is 10. The molecule has 10 heteroatoms. The van der Waals surface area contributed by atoms with Crippen LogP contribution in [0.3, 0.4) is 0 Å². The lowest BCUT2D eigenvalue weighted by atomic mass is 10.0. The second-order valence-corrected chi connectivity index (χ2v) is 15.2. The minimum absolute atomic E-state index is 0.118. The fourth-order valence-corrected chi connectivity index (χ4v) is 7.12. The number of aromatic nitrogens is 10. The maximum absolute atomic E-state index is 5.16. The highest BCUT2D eigenvalue weighted by molar-refractivity contribution is 5.79. The van der Waals surface area contributed by atoms with Crippen molar-refractivity contribution in [1.29, 1.82) is 0 Å². The van der Waals surface area contributed by atoms with Crippen molar-refractivity contribution in [2.75, 3.05) is 0 Å². The van der Waals surface area contributed by atoms with E-state index < -0.39 is 0 Å². The molecule has 300 valence electrons. The molecule has 10 rings (SSSR count). The van der Waals surface area contributed by atoms with Crippen LogP contribution in [0.1, 0.15) is 25.6 Å². The number of pyridine rings is 1. The summed E-state index contributed by atoms with van der Waals surface area (Å²) in [6.07, 6.45) is 1.78. The molecule has 10 aromatic rings. The van der Waals surface area contributed by atoms with Gasteiger partial charge in [-0.15, -0.1) is 0 Å². The van der Waals surface area contributed by atoms with Gasteiger partial charge in [0.15, 0.2) is 46.6 Å². The Morgan fingerprint density at radius 3 is 0.873 bits per heavy atom. The SMILES string of the molecule is CC(C)c1nc(-c2ccccc2)nc(-c2ccc(-c3nc(-c4ccccc4)nc(-c4cc(-c5ccccn5)cc(-c5nc(-c6ccccc6)nc(-c6ccccc6)n5)c4)n3)cc2)n1. The monoisotopic (exact) mass is 814 g/mol. The Bertz CT molecular complexity index is 3110. The smallest absolute Gasteiger partial charge is 0.164 e. The Labute approximate surface area is 364 Å². The predicted molar refractivity (Wildman–Crippen MR) is 247 cm³/mol. The van der Waals surface area contributed by atoms with Gasteiger partial charge in [0.25, 0.3) is 0 Å². The van der Waals surface area contributed by atoms with Crippen LogP contribution in [0.5, 0.6) is 0 Å². The molecule has 0 atom stereocenters. The molecule has 63 heavy (non-hydrogen) atoms. The molecule has 0 aliphatic carbocycles. The van der Waals surface area contributed by atoms with Crippen LogP contribution >= 0.6 is 0 Å². The van der Waals surface area contributed by atoms with Gasteiger partial charge in [-0.25, -0.2) is 44.9 Å². The van der Waals surface area contributed by atoms with Gasteiger partial charge < -0.3 is 0 Å². The van der Waals surface area contributed by atoms with Gasteiger partial charge in [0.2, 0.25) is 0 Å². The topological polar surface area (TPSA) is 129 Å². The zero-order valence-electron chi connectivity index (χ0n) is 34.4. The molecule has 0 spiro atoms.